The van der Waals surface area contributed by atoms with E-state index in [4.69, 9.17) is 17.4 Å². The van der Waals surface area contributed by atoms with E-state index in [1.807, 2.05) is 0 Å². The van der Waals surface area contributed by atoms with Crippen LogP contribution in [0, 0.1) is 12.7 Å². The Morgan fingerprint density at radius 2 is 1.95 bits per heavy atom. The topological polar surface area (TPSA) is 67.1 Å². The molecule has 6 heteroatoms. The van der Waals surface area contributed by atoms with Gasteiger partial charge in [0.25, 0.3) is 5.91 Å². The van der Waals surface area contributed by atoms with Crippen LogP contribution in [0.4, 0.5) is 15.8 Å². The van der Waals surface area contributed by atoms with Crippen LogP contribution in [0.5, 0.6) is 0 Å². The number of nitrogen functional groups attached to an aromatic ring is 1. The fourth-order valence-corrected chi connectivity index (χ4v) is 2.05. The van der Waals surface area contributed by atoms with Crippen molar-refractivity contribution in [2.24, 2.45) is 5.84 Å². The summed E-state index contributed by atoms with van der Waals surface area (Å²) in [5.41, 5.74) is 4.73. The molecule has 0 spiro atoms. The number of amides is 1. The first-order chi connectivity index (χ1) is 9.49. The number of halogens is 2. The van der Waals surface area contributed by atoms with E-state index in [0.717, 1.165) is 5.56 Å². The molecule has 2 rings (SSSR count). The Labute approximate surface area is 120 Å². The lowest BCUT2D eigenvalue weighted by atomic mass is 10.1. The maximum Gasteiger partial charge on any atom is 0.255 e. The molecular formula is C14H13ClFN3O. The monoisotopic (exact) mass is 293 g/mol. The second-order valence-electron chi connectivity index (χ2n) is 4.29. The van der Waals surface area contributed by atoms with Gasteiger partial charge in [-0.15, -0.1) is 0 Å². The molecule has 0 bridgehead atoms. The van der Waals surface area contributed by atoms with Gasteiger partial charge in [-0.25, -0.2) is 4.39 Å². The van der Waals surface area contributed by atoms with Crippen molar-refractivity contribution in [3.05, 3.63) is 58.4 Å². The van der Waals surface area contributed by atoms with Crippen molar-refractivity contribution in [2.75, 3.05) is 10.7 Å². The Balaban J connectivity index is 2.23. The van der Waals surface area contributed by atoms with Crippen LogP contribution in [0.25, 0.3) is 0 Å². The summed E-state index contributed by atoms with van der Waals surface area (Å²) in [5, 5.41) is 2.83. The normalized spacial score (nSPS) is 10.2. The summed E-state index contributed by atoms with van der Waals surface area (Å²) >= 11 is 5.74. The standard InChI is InChI=1S/C14H13ClFN3O/c1-8-4-11(19-17)2-3-13(8)14(20)18-12-6-9(15)5-10(16)7-12/h2-7,19H,17H2,1H3,(H,18,20). The summed E-state index contributed by atoms with van der Waals surface area (Å²) in [4.78, 5) is 12.1. The number of aryl methyl sites for hydroxylation is 1. The van der Waals surface area contributed by atoms with Gasteiger partial charge in [-0.05, 0) is 48.9 Å². The quantitative estimate of drug-likeness (QED) is 0.601. The maximum absolute atomic E-state index is 13.2. The highest BCUT2D eigenvalue weighted by Gasteiger charge is 2.10. The maximum atomic E-state index is 13.2. The summed E-state index contributed by atoms with van der Waals surface area (Å²) < 4.78 is 13.2. The van der Waals surface area contributed by atoms with E-state index in [9.17, 15) is 9.18 Å². The predicted molar refractivity (Wildman–Crippen MR) is 78.4 cm³/mol. The fraction of sp³-hybridized carbons (Fsp3) is 0.0714. The molecule has 2 aromatic rings. The Morgan fingerprint density at radius 1 is 1.20 bits per heavy atom. The van der Waals surface area contributed by atoms with Gasteiger partial charge >= 0.3 is 0 Å². The lowest BCUT2D eigenvalue weighted by Crippen LogP contribution is -2.14. The molecule has 0 aliphatic rings. The van der Waals surface area contributed by atoms with Gasteiger partial charge in [0.15, 0.2) is 0 Å². The minimum atomic E-state index is -0.507. The van der Waals surface area contributed by atoms with Crippen LogP contribution in [0.1, 0.15) is 15.9 Å². The van der Waals surface area contributed by atoms with Gasteiger partial charge in [-0.3, -0.25) is 10.6 Å². The highest BCUT2D eigenvalue weighted by Crippen LogP contribution is 2.20. The molecule has 0 fully saturated rings. The molecule has 0 aromatic heterocycles. The van der Waals surface area contributed by atoms with Crippen LogP contribution in [-0.2, 0) is 0 Å². The summed E-state index contributed by atoms with van der Waals surface area (Å²) in [6.45, 7) is 1.79. The molecular weight excluding hydrogens is 281 g/mol. The van der Waals surface area contributed by atoms with E-state index >= 15 is 0 Å². The molecule has 4 nitrogen and oxygen atoms in total. The minimum absolute atomic E-state index is 0.222. The number of hydrogen-bond acceptors (Lipinski definition) is 3. The zero-order chi connectivity index (χ0) is 14.7. The van der Waals surface area contributed by atoms with Gasteiger partial charge < -0.3 is 10.7 Å². The van der Waals surface area contributed by atoms with Gasteiger partial charge in [0, 0.05) is 22.0 Å². The highest BCUT2D eigenvalue weighted by molar-refractivity contribution is 6.31. The van der Waals surface area contributed by atoms with Crippen molar-refractivity contribution < 1.29 is 9.18 Å². The van der Waals surface area contributed by atoms with Crippen LogP contribution in [0.15, 0.2) is 36.4 Å². The minimum Gasteiger partial charge on any atom is -0.324 e. The molecule has 0 radical (unpaired) electrons. The average molecular weight is 294 g/mol. The third-order valence-electron chi connectivity index (χ3n) is 2.76. The number of carbonyl (C=O) groups excluding carboxylic acids is 1. The van der Waals surface area contributed by atoms with E-state index in [-0.39, 0.29) is 10.9 Å². The molecule has 4 N–H and O–H groups in total. The zero-order valence-corrected chi connectivity index (χ0v) is 11.5. The van der Waals surface area contributed by atoms with Crippen LogP contribution in [0.3, 0.4) is 0 Å². The Morgan fingerprint density at radius 3 is 2.55 bits per heavy atom. The third kappa shape index (κ3) is 3.26. The third-order valence-corrected chi connectivity index (χ3v) is 2.98. The summed E-state index contributed by atoms with van der Waals surface area (Å²) in [5.74, 6) is 4.45. The molecule has 0 heterocycles. The largest absolute Gasteiger partial charge is 0.324 e. The number of hydrogen-bond donors (Lipinski definition) is 3. The average Bonchev–Trinajstić information content (AvgIpc) is 2.36. The molecule has 1 amide bonds. The number of rotatable bonds is 3. The number of benzene rings is 2. The molecule has 104 valence electrons. The first-order valence-corrected chi connectivity index (χ1v) is 6.22. The molecule has 0 aliphatic heterocycles. The van der Waals surface area contributed by atoms with Crippen molar-refractivity contribution in [3.8, 4) is 0 Å². The van der Waals surface area contributed by atoms with E-state index in [1.165, 1.54) is 18.2 Å². The van der Waals surface area contributed by atoms with Crippen LogP contribution < -0.4 is 16.6 Å². The summed E-state index contributed by atoms with van der Waals surface area (Å²) in [6, 6.07) is 8.92. The number of nitrogens with one attached hydrogen (secondary N) is 2. The predicted octanol–water partition coefficient (Wildman–Crippen LogP) is 3.33. The summed E-state index contributed by atoms with van der Waals surface area (Å²) in [7, 11) is 0. The van der Waals surface area contributed by atoms with Crippen LogP contribution in [-0.4, -0.2) is 5.91 Å². The second kappa shape index (κ2) is 5.90. The van der Waals surface area contributed by atoms with Crippen molar-refractivity contribution >= 4 is 28.9 Å². The van der Waals surface area contributed by atoms with Crippen LogP contribution >= 0.6 is 11.6 Å². The highest BCUT2D eigenvalue weighted by atomic mass is 35.5. The van der Waals surface area contributed by atoms with Crippen molar-refractivity contribution in [3.63, 3.8) is 0 Å². The van der Waals surface area contributed by atoms with E-state index in [1.54, 1.807) is 25.1 Å². The zero-order valence-electron chi connectivity index (χ0n) is 10.7. The molecule has 0 saturated carbocycles. The van der Waals surface area contributed by atoms with Gasteiger partial charge in [0.05, 0.1) is 0 Å². The van der Waals surface area contributed by atoms with Gasteiger partial charge in [-0.2, -0.15) is 0 Å². The lowest BCUT2D eigenvalue weighted by molar-refractivity contribution is 0.102. The SMILES string of the molecule is Cc1cc(NN)ccc1C(=O)Nc1cc(F)cc(Cl)c1. The van der Waals surface area contributed by atoms with E-state index in [0.29, 0.717) is 16.9 Å². The number of hydrazine groups is 1. The van der Waals surface area contributed by atoms with Crippen molar-refractivity contribution in [1.82, 2.24) is 0 Å². The molecule has 0 saturated heterocycles. The molecule has 2 aromatic carbocycles. The van der Waals surface area contributed by atoms with Gasteiger partial charge in [0.2, 0.25) is 0 Å². The van der Waals surface area contributed by atoms with Gasteiger partial charge in [-0.1, -0.05) is 11.6 Å². The number of nitrogens with two attached hydrogens (primary N) is 1. The Bertz CT molecular complexity index is 641. The summed E-state index contributed by atoms with van der Waals surface area (Å²) in [6.07, 6.45) is 0. The lowest BCUT2D eigenvalue weighted by Gasteiger charge is -2.09. The fourth-order valence-electron chi connectivity index (χ4n) is 1.83. The second-order valence-corrected chi connectivity index (χ2v) is 4.72. The number of anilines is 2. The first-order valence-electron chi connectivity index (χ1n) is 5.84. The molecule has 0 aliphatic carbocycles. The van der Waals surface area contributed by atoms with E-state index < -0.39 is 5.82 Å². The van der Waals surface area contributed by atoms with Crippen molar-refractivity contribution in [2.45, 2.75) is 6.92 Å². The van der Waals surface area contributed by atoms with Gasteiger partial charge in [0.1, 0.15) is 5.82 Å². The van der Waals surface area contributed by atoms with E-state index in [2.05, 4.69) is 10.7 Å². The smallest absolute Gasteiger partial charge is 0.255 e. The van der Waals surface area contributed by atoms with Crippen molar-refractivity contribution in [1.29, 1.82) is 0 Å². The first kappa shape index (κ1) is 14.3. The molecule has 0 unspecified atom stereocenters. The molecule has 0 atom stereocenters. The Kier molecular flexibility index (Phi) is 4.22. The molecule has 20 heavy (non-hydrogen) atoms. The van der Waals surface area contributed by atoms with Crippen LogP contribution in [0.2, 0.25) is 5.02 Å². The Hall–Kier alpha value is -2.11. The number of carbonyl (C=O) groups is 1.